The minimum Gasteiger partial charge on any atom is -0.496 e. The molecule has 1 aliphatic rings. The zero-order valence-electron chi connectivity index (χ0n) is 14.4. The van der Waals surface area contributed by atoms with Gasteiger partial charge in [-0.3, -0.25) is 0 Å². The first-order valence-electron chi connectivity index (χ1n) is 7.60. The molecule has 0 aliphatic carbocycles. The highest BCUT2D eigenvalue weighted by molar-refractivity contribution is 5.50. The van der Waals surface area contributed by atoms with Crippen LogP contribution >= 0.6 is 0 Å². The summed E-state index contributed by atoms with van der Waals surface area (Å²) in [6.07, 6.45) is -0.316. The number of hydrogen-bond donors (Lipinski definition) is 0. The number of ether oxygens (including phenoxy) is 3. The molecular weight excluding hydrogens is 264 g/mol. The Morgan fingerprint density at radius 1 is 0.952 bits per heavy atom. The number of hydrogen-bond acceptors (Lipinski definition) is 3. The van der Waals surface area contributed by atoms with Gasteiger partial charge in [0.2, 0.25) is 0 Å². The third-order valence-corrected chi connectivity index (χ3v) is 3.87. The molecule has 1 heterocycles. The smallest absolute Gasteiger partial charge is 0.187 e. The van der Waals surface area contributed by atoms with Gasteiger partial charge in [-0.1, -0.05) is 47.6 Å². The molecule has 1 aromatic rings. The second-order valence-corrected chi connectivity index (χ2v) is 7.72. The first kappa shape index (κ1) is 16.3. The van der Waals surface area contributed by atoms with E-state index in [-0.39, 0.29) is 17.1 Å². The molecule has 0 atom stereocenters. The summed E-state index contributed by atoms with van der Waals surface area (Å²) in [5.41, 5.74) is 3.56. The maximum absolute atomic E-state index is 5.72. The van der Waals surface area contributed by atoms with E-state index in [1.807, 2.05) is 0 Å². The Morgan fingerprint density at radius 2 is 1.52 bits per heavy atom. The van der Waals surface area contributed by atoms with E-state index in [9.17, 15) is 0 Å². The van der Waals surface area contributed by atoms with Crippen molar-refractivity contribution in [3.05, 3.63) is 28.8 Å². The average Bonchev–Trinajstić information content (AvgIpc) is 2.88. The van der Waals surface area contributed by atoms with Gasteiger partial charge in [-0.2, -0.15) is 0 Å². The van der Waals surface area contributed by atoms with Crippen LogP contribution in [0.15, 0.2) is 12.1 Å². The summed E-state index contributed by atoms with van der Waals surface area (Å²) in [5.74, 6) is 0.891. The fraction of sp³-hybridized carbons (Fsp3) is 0.667. The Morgan fingerprint density at radius 3 is 1.95 bits per heavy atom. The molecule has 0 saturated carbocycles. The van der Waals surface area contributed by atoms with Gasteiger partial charge in [-0.25, -0.2) is 0 Å². The lowest BCUT2D eigenvalue weighted by Crippen LogP contribution is -2.19. The van der Waals surface area contributed by atoms with Gasteiger partial charge in [-0.05, 0) is 22.5 Å². The van der Waals surface area contributed by atoms with Gasteiger partial charge in [0.25, 0.3) is 0 Å². The molecule has 3 nitrogen and oxygen atoms in total. The molecule has 3 heteroatoms. The number of benzene rings is 1. The van der Waals surface area contributed by atoms with Crippen LogP contribution in [-0.4, -0.2) is 20.3 Å². The van der Waals surface area contributed by atoms with Crippen LogP contribution in [0.2, 0.25) is 0 Å². The van der Waals surface area contributed by atoms with E-state index in [2.05, 4.69) is 53.7 Å². The molecule has 0 amide bonds. The molecule has 118 valence electrons. The Bertz CT molecular complexity index is 500. The number of methoxy groups -OCH3 is 1. The summed E-state index contributed by atoms with van der Waals surface area (Å²) in [4.78, 5) is 0. The third-order valence-electron chi connectivity index (χ3n) is 3.87. The normalized spacial score (nSPS) is 17.3. The molecule has 0 unspecified atom stereocenters. The van der Waals surface area contributed by atoms with Crippen LogP contribution in [0.1, 0.15) is 64.5 Å². The molecule has 21 heavy (non-hydrogen) atoms. The van der Waals surface area contributed by atoms with Gasteiger partial charge >= 0.3 is 0 Å². The van der Waals surface area contributed by atoms with Crippen LogP contribution in [0.5, 0.6) is 5.75 Å². The van der Waals surface area contributed by atoms with E-state index < -0.39 is 0 Å². The van der Waals surface area contributed by atoms with Crippen LogP contribution in [0.4, 0.5) is 0 Å². The fourth-order valence-electron chi connectivity index (χ4n) is 2.58. The van der Waals surface area contributed by atoms with Gasteiger partial charge in [-0.15, -0.1) is 0 Å². The fourth-order valence-corrected chi connectivity index (χ4v) is 2.58. The Kier molecular flexibility index (Phi) is 4.36. The van der Waals surface area contributed by atoms with Crippen molar-refractivity contribution < 1.29 is 14.2 Å². The molecule has 1 saturated heterocycles. The highest BCUT2D eigenvalue weighted by atomic mass is 16.7. The van der Waals surface area contributed by atoms with Crippen LogP contribution in [0, 0.1) is 0 Å². The van der Waals surface area contributed by atoms with Crippen LogP contribution in [0.3, 0.4) is 0 Å². The monoisotopic (exact) mass is 292 g/mol. The van der Waals surface area contributed by atoms with Crippen molar-refractivity contribution in [3.8, 4) is 5.75 Å². The second-order valence-electron chi connectivity index (χ2n) is 7.72. The summed E-state index contributed by atoms with van der Waals surface area (Å²) in [7, 11) is 1.72. The van der Waals surface area contributed by atoms with E-state index in [1.54, 1.807) is 7.11 Å². The molecule has 0 N–H and O–H groups in total. The maximum atomic E-state index is 5.72. The summed E-state index contributed by atoms with van der Waals surface area (Å²) < 4.78 is 17.2. The Labute approximate surface area is 128 Å². The van der Waals surface area contributed by atoms with E-state index in [4.69, 9.17) is 14.2 Å². The first-order chi connectivity index (χ1) is 9.64. The summed E-state index contributed by atoms with van der Waals surface area (Å²) >= 11 is 0. The molecular formula is C18H28O3. The molecule has 1 aliphatic heterocycles. The summed E-state index contributed by atoms with van der Waals surface area (Å²) in [6, 6.07) is 4.43. The molecule has 0 aromatic heterocycles. The predicted octanol–water partition coefficient (Wildman–Crippen LogP) is 4.34. The van der Waals surface area contributed by atoms with Crippen molar-refractivity contribution in [2.24, 2.45) is 0 Å². The number of rotatable bonds is 2. The Hall–Kier alpha value is -1.06. The van der Waals surface area contributed by atoms with Gasteiger partial charge in [0, 0.05) is 5.56 Å². The molecule has 0 radical (unpaired) electrons. The van der Waals surface area contributed by atoms with Crippen LogP contribution in [0.25, 0.3) is 0 Å². The van der Waals surface area contributed by atoms with Crippen LogP contribution < -0.4 is 4.74 Å². The lowest BCUT2D eigenvalue weighted by atomic mass is 9.79. The molecule has 0 spiro atoms. The van der Waals surface area contributed by atoms with Crippen LogP contribution in [-0.2, 0) is 20.3 Å². The first-order valence-corrected chi connectivity index (χ1v) is 7.60. The molecule has 1 aromatic carbocycles. The van der Waals surface area contributed by atoms with E-state index >= 15 is 0 Å². The Balaban J connectivity index is 2.66. The zero-order valence-corrected chi connectivity index (χ0v) is 14.4. The predicted molar refractivity (Wildman–Crippen MR) is 85.0 cm³/mol. The van der Waals surface area contributed by atoms with E-state index in [0.29, 0.717) is 13.2 Å². The van der Waals surface area contributed by atoms with Gasteiger partial charge in [0.15, 0.2) is 6.29 Å². The lowest BCUT2D eigenvalue weighted by molar-refractivity contribution is -0.0456. The summed E-state index contributed by atoms with van der Waals surface area (Å²) in [6.45, 7) is 14.6. The minimum absolute atomic E-state index is 0.0000420. The van der Waals surface area contributed by atoms with Gasteiger partial charge < -0.3 is 14.2 Å². The zero-order chi connectivity index (χ0) is 15.8. The van der Waals surface area contributed by atoms with Crippen molar-refractivity contribution in [1.82, 2.24) is 0 Å². The second kappa shape index (κ2) is 5.62. The van der Waals surface area contributed by atoms with Gasteiger partial charge in [0.05, 0.1) is 25.9 Å². The van der Waals surface area contributed by atoms with Crippen molar-refractivity contribution in [2.75, 3.05) is 20.3 Å². The largest absolute Gasteiger partial charge is 0.496 e. The van der Waals surface area contributed by atoms with E-state index in [1.165, 1.54) is 11.1 Å². The van der Waals surface area contributed by atoms with Gasteiger partial charge in [0.1, 0.15) is 5.75 Å². The highest BCUT2D eigenvalue weighted by Gasteiger charge is 2.30. The maximum Gasteiger partial charge on any atom is 0.187 e. The highest BCUT2D eigenvalue weighted by Crippen LogP contribution is 2.42. The quantitative estimate of drug-likeness (QED) is 0.811. The lowest BCUT2D eigenvalue weighted by Gasteiger charge is -2.29. The van der Waals surface area contributed by atoms with Crippen molar-refractivity contribution in [2.45, 2.75) is 58.7 Å². The third kappa shape index (κ3) is 3.41. The average molecular weight is 292 g/mol. The molecule has 1 fully saturated rings. The van der Waals surface area contributed by atoms with Crippen molar-refractivity contribution in [1.29, 1.82) is 0 Å². The SMILES string of the molecule is COc1c(C2OCCO2)cc(C(C)(C)C)cc1C(C)(C)C. The minimum atomic E-state index is -0.316. The van der Waals surface area contributed by atoms with E-state index in [0.717, 1.165) is 11.3 Å². The molecule has 2 rings (SSSR count). The van der Waals surface area contributed by atoms with Crippen molar-refractivity contribution >= 4 is 0 Å². The summed E-state index contributed by atoms with van der Waals surface area (Å²) in [5, 5.41) is 0. The standard InChI is InChI=1S/C18H28O3/c1-17(2,3)12-10-13(16-20-8-9-21-16)15(19-7)14(11-12)18(4,5)6/h10-11,16H,8-9H2,1-7H3. The topological polar surface area (TPSA) is 27.7 Å². The van der Waals surface area contributed by atoms with Crippen molar-refractivity contribution in [3.63, 3.8) is 0 Å². The molecule has 0 bridgehead atoms.